The Kier molecular flexibility index (Phi) is 23.7. The first-order chi connectivity index (χ1) is 7.41. The van der Waals surface area contributed by atoms with Crippen molar-refractivity contribution in [3.8, 4) is 0 Å². The first kappa shape index (κ1) is 20.0. The van der Waals surface area contributed by atoms with Gasteiger partial charge in [0.15, 0.2) is 0 Å². The van der Waals surface area contributed by atoms with Crippen molar-refractivity contribution in [1.29, 1.82) is 0 Å². The zero-order valence-corrected chi connectivity index (χ0v) is 10.9. The van der Waals surface area contributed by atoms with Crippen molar-refractivity contribution in [2.45, 2.75) is 90.4 Å². The van der Waals surface area contributed by atoms with Gasteiger partial charge in [0.05, 0.1) is 0 Å². The molecule has 0 aliphatic carbocycles. The fraction of sp³-hybridized carbons (Fsp3) is 0.933. The molecule has 0 amide bonds. The average molecular weight is 252 g/mol. The van der Waals surface area contributed by atoms with Gasteiger partial charge in [-0.25, -0.2) is 0 Å². The van der Waals surface area contributed by atoms with Gasteiger partial charge in [-0.05, 0) is 0 Å². The monoisotopic (exact) mass is 251 g/mol. The summed E-state index contributed by atoms with van der Waals surface area (Å²) in [6.45, 7) is 6.15. The van der Waals surface area contributed by atoms with Crippen LogP contribution in [0.25, 0.3) is 0 Å². The number of hydrogen-bond acceptors (Lipinski definition) is 0. The van der Waals surface area contributed by atoms with E-state index in [2.05, 4.69) is 13.8 Å². The zero-order valence-electron chi connectivity index (χ0n) is 10.9. The molecule has 93 valence electrons. The summed E-state index contributed by atoms with van der Waals surface area (Å²) in [4.78, 5) is 0. The second kappa shape index (κ2) is 19.0. The number of rotatable bonds is 12. The predicted molar refractivity (Wildman–Crippen MR) is 78.2 cm³/mol. The summed E-state index contributed by atoms with van der Waals surface area (Å²) in [6.07, 6.45) is 18.3. The van der Waals surface area contributed by atoms with Crippen molar-refractivity contribution in [3.05, 3.63) is 6.92 Å². The quantitative estimate of drug-likeness (QED) is 0.328. The van der Waals surface area contributed by atoms with Crippen molar-refractivity contribution < 1.29 is 0 Å². The van der Waals surface area contributed by atoms with Gasteiger partial charge in [-0.15, -0.1) is 0 Å². The molecule has 0 saturated heterocycles. The third-order valence-electron chi connectivity index (χ3n) is 3.10. The standard InChI is InChI=1S/C15H31.K.H/c1-3-5-7-9-11-13-15-14-12-10-8-6-4-2;;/h1,3-15H2,2H3;;. The van der Waals surface area contributed by atoms with Crippen LogP contribution in [-0.4, -0.2) is 51.4 Å². The van der Waals surface area contributed by atoms with Crippen LogP contribution in [0.4, 0.5) is 0 Å². The van der Waals surface area contributed by atoms with Gasteiger partial charge >= 0.3 is 51.4 Å². The molecule has 0 fully saturated rings. The zero-order chi connectivity index (χ0) is 11.2. The van der Waals surface area contributed by atoms with Gasteiger partial charge in [0.1, 0.15) is 0 Å². The molecule has 0 aromatic carbocycles. The van der Waals surface area contributed by atoms with Crippen molar-refractivity contribution in [3.63, 3.8) is 0 Å². The van der Waals surface area contributed by atoms with E-state index in [-0.39, 0.29) is 51.4 Å². The summed E-state index contributed by atoms with van der Waals surface area (Å²) >= 11 is 0. The van der Waals surface area contributed by atoms with Gasteiger partial charge in [-0.1, -0.05) is 97.3 Å². The summed E-state index contributed by atoms with van der Waals surface area (Å²) in [5.74, 6) is 0. The predicted octanol–water partition coefficient (Wildman–Crippen LogP) is 5.26. The fourth-order valence-corrected chi connectivity index (χ4v) is 2.02. The minimum absolute atomic E-state index is 0. The maximum absolute atomic E-state index is 3.87. The van der Waals surface area contributed by atoms with Crippen LogP contribution in [0.1, 0.15) is 90.4 Å². The minimum atomic E-state index is 0. The van der Waals surface area contributed by atoms with Crippen LogP contribution in [0.3, 0.4) is 0 Å². The van der Waals surface area contributed by atoms with Crippen LogP contribution in [0.15, 0.2) is 0 Å². The van der Waals surface area contributed by atoms with E-state index in [9.17, 15) is 0 Å². The SMILES string of the molecule is [CH2]CCCCCCCCCCCCCC.[KH]. The van der Waals surface area contributed by atoms with Crippen LogP contribution in [-0.2, 0) is 0 Å². The summed E-state index contributed by atoms with van der Waals surface area (Å²) in [6, 6.07) is 0. The maximum atomic E-state index is 3.87. The molecule has 1 radical (unpaired) electrons. The molecule has 0 aliphatic rings. The summed E-state index contributed by atoms with van der Waals surface area (Å²) in [5, 5.41) is 0. The molecule has 0 N–H and O–H groups in total. The van der Waals surface area contributed by atoms with Gasteiger partial charge in [0.2, 0.25) is 0 Å². The Hall–Kier alpha value is 1.64. The molecule has 0 aliphatic heterocycles. The Morgan fingerprint density at radius 1 is 0.562 bits per heavy atom. The summed E-state index contributed by atoms with van der Waals surface area (Å²) in [7, 11) is 0. The molecule has 0 aromatic heterocycles. The summed E-state index contributed by atoms with van der Waals surface area (Å²) in [5.41, 5.74) is 0. The number of hydrogen-bond donors (Lipinski definition) is 0. The Morgan fingerprint density at radius 3 is 1.19 bits per heavy atom. The molecular formula is C15H32K. The van der Waals surface area contributed by atoms with E-state index < -0.39 is 0 Å². The Bertz CT molecular complexity index is 89.6. The van der Waals surface area contributed by atoms with E-state index in [0.717, 1.165) is 6.42 Å². The molecule has 0 nitrogen and oxygen atoms in total. The van der Waals surface area contributed by atoms with Crippen molar-refractivity contribution in [2.24, 2.45) is 0 Å². The first-order valence-electron chi connectivity index (χ1n) is 7.21. The Morgan fingerprint density at radius 2 is 0.875 bits per heavy atom. The van der Waals surface area contributed by atoms with Gasteiger partial charge in [-0.3, -0.25) is 0 Å². The molecular weight excluding hydrogens is 219 g/mol. The van der Waals surface area contributed by atoms with E-state index in [1.807, 2.05) is 0 Å². The first-order valence-corrected chi connectivity index (χ1v) is 7.21. The second-order valence-corrected chi connectivity index (χ2v) is 4.74. The Labute approximate surface area is 147 Å². The molecule has 0 atom stereocenters. The molecule has 0 unspecified atom stereocenters. The molecule has 0 bridgehead atoms. The van der Waals surface area contributed by atoms with Gasteiger partial charge < -0.3 is 0 Å². The van der Waals surface area contributed by atoms with E-state index in [4.69, 9.17) is 0 Å². The molecule has 1 heteroatoms. The van der Waals surface area contributed by atoms with Crippen LogP contribution in [0.5, 0.6) is 0 Å². The van der Waals surface area contributed by atoms with Gasteiger partial charge in [0, 0.05) is 0 Å². The van der Waals surface area contributed by atoms with Crippen molar-refractivity contribution >= 4 is 51.4 Å². The molecule has 16 heavy (non-hydrogen) atoms. The molecule has 0 saturated carbocycles. The van der Waals surface area contributed by atoms with Crippen molar-refractivity contribution in [1.82, 2.24) is 0 Å². The van der Waals surface area contributed by atoms with Gasteiger partial charge in [0.25, 0.3) is 0 Å². The van der Waals surface area contributed by atoms with Crippen LogP contribution in [0, 0.1) is 6.92 Å². The van der Waals surface area contributed by atoms with E-state index in [1.54, 1.807) is 0 Å². The Balaban J connectivity index is 0. The van der Waals surface area contributed by atoms with Crippen molar-refractivity contribution in [2.75, 3.05) is 0 Å². The molecule has 0 aromatic rings. The topological polar surface area (TPSA) is 0 Å². The van der Waals surface area contributed by atoms with E-state index in [0.29, 0.717) is 0 Å². The second-order valence-electron chi connectivity index (χ2n) is 4.74. The molecule has 0 spiro atoms. The molecule has 0 rings (SSSR count). The van der Waals surface area contributed by atoms with E-state index in [1.165, 1.54) is 77.0 Å². The number of unbranched alkanes of at least 4 members (excludes halogenated alkanes) is 12. The average Bonchev–Trinajstić information content (AvgIpc) is 2.26. The molecule has 0 heterocycles. The van der Waals surface area contributed by atoms with Gasteiger partial charge in [-0.2, -0.15) is 0 Å². The summed E-state index contributed by atoms with van der Waals surface area (Å²) < 4.78 is 0. The third kappa shape index (κ3) is 18.0. The van der Waals surface area contributed by atoms with E-state index >= 15 is 0 Å². The third-order valence-corrected chi connectivity index (χ3v) is 3.10. The van der Waals surface area contributed by atoms with Crippen LogP contribution in [0.2, 0.25) is 0 Å². The van der Waals surface area contributed by atoms with Crippen LogP contribution < -0.4 is 0 Å². The normalized spacial score (nSPS) is 10.1. The fourth-order valence-electron chi connectivity index (χ4n) is 2.02. The van der Waals surface area contributed by atoms with Crippen LogP contribution >= 0.6 is 0 Å².